The molecule has 0 radical (unpaired) electrons. The monoisotopic (exact) mass is 456 g/mol. The Balaban J connectivity index is -0.000000195. The maximum absolute atomic E-state index is 10.6. The summed E-state index contributed by atoms with van der Waals surface area (Å²) in [7, 11) is -4.64. The fourth-order valence-electron chi connectivity index (χ4n) is 1.48. The number of phosphoric acid groups is 1. The van der Waals surface area contributed by atoms with Gasteiger partial charge in [0.1, 0.15) is 0 Å². The van der Waals surface area contributed by atoms with Crippen LogP contribution in [0.4, 0.5) is 0 Å². The molecular formula is C10H23N2Na2O13P. The molecule has 9 N–H and O–H groups in total. The number of aliphatic carboxylic acids is 4. The second-order valence-corrected chi connectivity index (χ2v) is 5.54. The zero-order valence-electron chi connectivity index (χ0n) is 13.3. The quantitative estimate of drug-likeness (QED) is 0.113. The van der Waals surface area contributed by atoms with Gasteiger partial charge in [0.2, 0.25) is 0 Å². The molecule has 0 amide bonds. The first-order valence-corrected chi connectivity index (χ1v) is 7.87. The second kappa shape index (κ2) is 20.2. The Morgan fingerprint density at radius 2 is 0.750 bits per heavy atom. The van der Waals surface area contributed by atoms with Crippen LogP contribution < -0.4 is 0 Å². The van der Waals surface area contributed by atoms with E-state index >= 15 is 0 Å². The summed E-state index contributed by atoms with van der Waals surface area (Å²) in [5.41, 5.74) is 0. The standard InChI is InChI=1S/C10H16N2O8.2Na.H3O4P.H2O.2H/c13-7(14)3-11(4-8(15)16)1-2-12(5-9(17)18)6-10(19)20;;;1-5(2,3)4;;;/h1-6H2,(H,13,14)(H,15,16)(H,17,18)(H,19,20);;;(H3,1,2,3,4);1H2;;. The van der Waals surface area contributed by atoms with Gasteiger partial charge in [-0.25, -0.2) is 4.57 Å². The van der Waals surface area contributed by atoms with Crippen molar-refractivity contribution in [1.82, 2.24) is 9.80 Å². The number of carboxylic acid groups (broad SMARTS) is 4. The fraction of sp³-hybridized carbons (Fsp3) is 0.600. The van der Waals surface area contributed by atoms with Crippen LogP contribution >= 0.6 is 7.82 Å². The molecule has 0 rings (SSSR count). The number of rotatable bonds is 11. The number of carbonyl (C=O) groups is 4. The van der Waals surface area contributed by atoms with E-state index in [9.17, 15) is 19.2 Å². The molecule has 18 heteroatoms. The van der Waals surface area contributed by atoms with Crippen molar-refractivity contribution in [3.8, 4) is 0 Å². The predicted molar refractivity (Wildman–Crippen MR) is 95.6 cm³/mol. The molecule has 0 saturated carbocycles. The van der Waals surface area contributed by atoms with Crippen LogP contribution in [0.25, 0.3) is 0 Å². The summed E-state index contributed by atoms with van der Waals surface area (Å²) < 4.78 is 8.88. The third-order valence-electron chi connectivity index (χ3n) is 2.17. The Bertz CT molecular complexity index is 453. The molecule has 0 fully saturated rings. The van der Waals surface area contributed by atoms with Crippen LogP contribution in [0.1, 0.15) is 0 Å². The van der Waals surface area contributed by atoms with E-state index in [1.807, 2.05) is 0 Å². The summed E-state index contributed by atoms with van der Waals surface area (Å²) in [6, 6.07) is 0. The van der Waals surface area contributed by atoms with Gasteiger partial charge in [0.25, 0.3) is 0 Å². The predicted octanol–water partition coefficient (Wildman–Crippen LogP) is -5.12. The minimum atomic E-state index is -4.64. The van der Waals surface area contributed by atoms with Crippen molar-refractivity contribution >= 4 is 90.8 Å². The number of nitrogens with zero attached hydrogens (tertiary/aromatic N) is 2. The normalized spacial score (nSPS) is 9.75. The van der Waals surface area contributed by atoms with Crippen molar-refractivity contribution in [1.29, 1.82) is 0 Å². The van der Waals surface area contributed by atoms with Gasteiger partial charge >= 0.3 is 90.8 Å². The van der Waals surface area contributed by atoms with Crippen molar-refractivity contribution in [2.75, 3.05) is 39.3 Å². The van der Waals surface area contributed by atoms with E-state index in [2.05, 4.69) is 0 Å². The first kappa shape index (κ1) is 38.5. The molecule has 0 spiro atoms. The van der Waals surface area contributed by atoms with Crippen molar-refractivity contribution in [3.63, 3.8) is 0 Å². The number of carboxylic acids is 4. The summed E-state index contributed by atoms with van der Waals surface area (Å²) in [6.07, 6.45) is 0. The summed E-state index contributed by atoms with van der Waals surface area (Å²) >= 11 is 0. The Labute approximate surface area is 203 Å². The van der Waals surface area contributed by atoms with Crippen LogP contribution in [0.15, 0.2) is 0 Å². The SMILES string of the molecule is O.O=C(O)CN(CCN(CC(=O)O)CC(=O)O)CC(=O)O.O=P(O)(O)O.[NaH].[NaH]. The molecule has 0 heterocycles. The van der Waals surface area contributed by atoms with Gasteiger partial charge in [-0.1, -0.05) is 0 Å². The molecule has 0 unspecified atom stereocenters. The summed E-state index contributed by atoms with van der Waals surface area (Å²) in [5.74, 6) is -4.91. The summed E-state index contributed by atoms with van der Waals surface area (Å²) in [4.78, 5) is 65.9. The van der Waals surface area contributed by atoms with E-state index in [0.717, 1.165) is 9.80 Å². The van der Waals surface area contributed by atoms with Gasteiger partial charge in [0, 0.05) is 13.1 Å². The average Bonchev–Trinajstić information content (AvgIpc) is 2.30. The van der Waals surface area contributed by atoms with Crippen molar-refractivity contribution in [2.45, 2.75) is 0 Å². The molecule has 0 aliphatic rings. The molecule has 28 heavy (non-hydrogen) atoms. The summed E-state index contributed by atoms with van der Waals surface area (Å²) in [5, 5.41) is 34.5. The van der Waals surface area contributed by atoms with Crippen LogP contribution in [-0.4, -0.2) is 173 Å². The molecule has 15 nitrogen and oxygen atoms in total. The van der Waals surface area contributed by atoms with Crippen LogP contribution in [0.5, 0.6) is 0 Å². The Hall–Kier alpha value is -0.130. The molecular weight excluding hydrogens is 433 g/mol. The van der Waals surface area contributed by atoms with Crippen molar-refractivity contribution in [2.24, 2.45) is 0 Å². The number of hydrogen-bond donors (Lipinski definition) is 7. The van der Waals surface area contributed by atoms with Crippen LogP contribution in [0.2, 0.25) is 0 Å². The van der Waals surface area contributed by atoms with Gasteiger partial charge in [0.05, 0.1) is 26.2 Å². The van der Waals surface area contributed by atoms with Crippen LogP contribution in [0, 0.1) is 0 Å². The molecule has 0 aromatic heterocycles. The zero-order valence-corrected chi connectivity index (χ0v) is 14.2. The average molecular weight is 456 g/mol. The van der Waals surface area contributed by atoms with Gasteiger partial charge in [-0.15, -0.1) is 0 Å². The van der Waals surface area contributed by atoms with E-state index in [1.54, 1.807) is 0 Å². The molecule has 0 aromatic carbocycles. The van der Waals surface area contributed by atoms with Crippen LogP contribution in [0.3, 0.4) is 0 Å². The van der Waals surface area contributed by atoms with Crippen molar-refractivity contribution in [3.05, 3.63) is 0 Å². The van der Waals surface area contributed by atoms with E-state index in [0.29, 0.717) is 0 Å². The van der Waals surface area contributed by atoms with E-state index in [1.165, 1.54) is 0 Å². The Kier molecular flexibility index (Phi) is 27.7. The number of hydrogen-bond acceptors (Lipinski definition) is 7. The van der Waals surface area contributed by atoms with E-state index < -0.39 is 57.9 Å². The van der Waals surface area contributed by atoms with Gasteiger partial charge in [-0.3, -0.25) is 29.0 Å². The summed E-state index contributed by atoms with van der Waals surface area (Å²) in [6.45, 7) is -2.25. The molecule has 0 aromatic rings. The third-order valence-corrected chi connectivity index (χ3v) is 2.17. The molecule has 0 aliphatic heterocycles. The molecule has 0 aliphatic carbocycles. The van der Waals surface area contributed by atoms with E-state index in [4.69, 9.17) is 39.7 Å². The second-order valence-electron chi connectivity index (χ2n) is 4.51. The molecule has 0 saturated heterocycles. The Morgan fingerprint density at radius 3 is 0.857 bits per heavy atom. The molecule has 0 bridgehead atoms. The zero-order chi connectivity index (χ0) is 20.2. The van der Waals surface area contributed by atoms with E-state index in [-0.39, 0.29) is 77.7 Å². The molecule has 158 valence electrons. The van der Waals surface area contributed by atoms with Gasteiger partial charge in [-0.05, 0) is 0 Å². The minimum absolute atomic E-state index is 0. The van der Waals surface area contributed by atoms with Gasteiger partial charge < -0.3 is 40.6 Å². The van der Waals surface area contributed by atoms with Gasteiger partial charge in [0.15, 0.2) is 0 Å². The maximum atomic E-state index is 10.6. The van der Waals surface area contributed by atoms with Crippen LogP contribution in [-0.2, 0) is 23.7 Å². The molecule has 0 atom stereocenters. The third kappa shape index (κ3) is 36.7. The fourth-order valence-corrected chi connectivity index (χ4v) is 1.48. The Morgan fingerprint density at radius 1 is 0.607 bits per heavy atom. The topological polar surface area (TPSA) is 265 Å². The van der Waals surface area contributed by atoms with Crippen molar-refractivity contribution < 1.29 is 64.3 Å². The first-order valence-electron chi connectivity index (χ1n) is 6.31. The first-order chi connectivity index (χ1) is 11.2. The van der Waals surface area contributed by atoms with Gasteiger partial charge in [-0.2, -0.15) is 0 Å².